The summed E-state index contributed by atoms with van der Waals surface area (Å²) in [5, 5.41) is 9.64. The van der Waals surface area contributed by atoms with E-state index in [-0.39, 0.29) is 12.1 Å². The average molecular weight is 473 g/mol. The lowest BCUT2D eigenvalue weighted by Gasteiger charge is -2.34. The van der Waals surface area contributed by atoms with Gasteiger partial charge in [0.1, 0.15) is 5.60 Å². The fourth-order valence-corrected chi connectivity index (χ4v) is 5.72. The van der Waals surface area contributed by atoms with Crippen LogP contribution in [0.4, 0.5) is 10.7 Å². The Balaban J connectivity index is 1.29. The molecule has 2 aliphatic rings. The lowest BCUT2D eigenvalue weighted by atomic mass is 10.1. The predicted octanol–water partition coefficient (Wildman–Crippen LogP) is 2.41. The monoisotopic (exact) mass is 472 g/mol. The third kappa shape index (κ3) is 4.41. The maximum Gasteiger partial charge on any atom is 0.410 e. The molecule has 1 amide bonds. The van der Waals surface area contributed by atoms with Gasteiger partial charge in [0, 0.05) is 48.6 Å². The van der Waals surface area contributed by atoms with Crippen molar-refractivity contribution in [3.63, 3.8) is 0 Å². The molecule has 0 bridgehead atoms. The molecule has 0 radical (unpaired) electrons. The summed E-state index contributed by atoms with van der Waals surface area (Å²) in [7, 11) is -1.95. The molecule has 2 fully saturated rings. The number of rotatable bonds is 3. The van der Waals surface area contributed by atoms with Crippen molar-refractivity contribution in [3.05, 3.63) is 24.4 Å². The van der Waals surface area contributed by atoms with Crippen LogP contribution in [0.2, 0.25) is 0 Å². The minimum Gasteiger partial charge on any atom is -0.444 e. The first-order valence-electron chi connectivity index (χ1n) is 10.9. The van der Waals surface area contributed by atoms with Gasteiger partial charge in [0.05, 0.1) is 17.8 Å². The Morgan fingerprint density at radius 2 is 1.94 bits per heavy atom. The van der Waals surface area contributed by atoms with E-state index < -0.39 is 15.1 Å². The van der Waals surface area contributed by atoms with Gasteiger partial charge in [0.25, 0.3) is 11.8 Å². The molecule has 0 saturated carbocycles. The normalized spacial score (nSPS) is 23.5. The van der Waals surface area contributed by atoms with Crippen LogP contribution in [-0.2, 0) is 14.3 Å². The Morgan fingerprint density at radius 3 is 2.61 bits per heavy atom. The maximum atomic E-state index is 12.3. The number of aromatic nitrogens is 4. The Morgan fingerprint density at radius 1 is 1.21 bits per heavy atom. The summed E-state index contributed by atoms with van der Waals surface area (Å²) >= 11 is 0. The number of hydrogen-bond acceptors (Lipinski definition) is 8. The standard InChI is InChI=1S/C22H28N6O4S/c1-22(2,3)31-21(29)27-9-7-26(8-10-27)20-24-19(32-25-20)15-5-6-16-12-23-28(18(16)11-15)17-13-33(4,30)14-17/h5-6,11-12,17H,4,7-10,13-14H2,1-3H3. The second kappa shape index (κ2) is 7.75. The summed E-state index contributed by atoms with van der Waals surface area (Å²) in [5.41, 5.74) is 1.22. The highest BCUT2D eigenvalue weighted by Crippen LogP contribution is 2.30. The van der Waals surface area contributed by atoms with Crippen molar-refractivity contribution >= 4 is 38.3 Å². The van der Waals surface area contributed by atoms with Gasteiger partial charge in [-0.05, 0) is 53.5 Å². The number of anilines is 1. The quantitative estimate of drug-likeness (QED) is 0.535. The molecule has 1 aromatic carbocycles. The summed E-state index contributed by atoms with van der Waals surface area (Å²) < 4.78 is 24.9. The van der Waals surface area contributed by atoms with E-state index >= 15 is 0 Å². The maximum absolute atomic E-state index is 12.3. The summed E-state index contributed by atoms with van der Waals surface area (Å²) in [4.78, 5) is 20.6. The van der Waals surface area contributed by atoms with E-state index in [1.54, 1.807) is 4.90 Å². The zero-order chi connectivity index (χ0) is 23.4. The van der Waals surface area contributed by atoms with Crippen LogP contribution in [0.15, 0.2) is 28.9 Å². The average Bonchev–Trinajstić information content (AvgIpc) is 3.38. The van der Waals surface area contributed by atoms with Gasteiger partial charge < -0.3 is 19.1 Å². The van der Waals surface area contributed by atoms with Crippen molar-refractivity contribution in [1.29, 1.82) is 0 Å². The van der Waals surface area contributed by atoms with Crippen LogP contribution in [0.3, 0.4) is 0 Å². The van der Waals surface area contributed by atoms with Crippen molar-refractivity contribution < 1.29 is 18.3 Å². The van der Waals surface area contributed by atoms with Crippen LogP contribution in [0.1, 0.15) is 26.8 Å². The zero-order valence-electron chi connectivity index (χ0n) is 19.1. The van der Waals surface area contributed by atoms with Gasteiger partial charge in [0.2, 0.25) is 0 Å². The second-order valence-corrected chi connectivity index (χ2v) is 12.3. The van der Waals surface area contributed by atoms with Crippen LogP contribution in [-0.4, -0.2) is 84.3 Å². The van der Waals surface area contributed by atoms with Crippen LogP contribution < -0.4 is 4.90 Å². The number of nitrogens with zero attached hydrogens (tertiary/aromatic N) is 6. The molecule has 0 aliphatic carbocycles. The smallest absolute Gasteiger partial charge is 0.410 e. The van der Waals surface area contributed by atoms with Gasteiger partial charge in [-0.25, -0.2) is 4.79 Å². The van der Waals surface area contributed by atoms with E-state index in [4.69, 9.17) is 9.26 Å². The molecule has 11 heteroatoms. The number of ether oxygens (including phenoxy) is 1. The van der Waals surface area contributed by atoms with E-state index in [2.05, 4.69) is 21.1 Å². The highest BCUT2D eigenvalue weighted by Gasteiger charge is 2.31. The lowest BCUT2D eigenvalue weighted by Crippen LogP contribution is -2.50. The lowest BCUT2D eigenvalue weighted by molar-refractivity contribution is 0.0240. The predicted molar refractivity (Wildman–Crippen MR) is 127 cm³/mol. The third-order valence-electron chi connectivity index (χ3n) is 5.81. The molecule has 176 valence electrons. The minimum absolute atomic E-state index is 0.0993. The molecular formula is C22H28N6O4S. The molecule has 10 nitrogen and oxygen atoms in total. The molecule has 0 spiro atoms. The number of hydrogen-bond donors (Lipinski definition) is 0. The van der Waals surface area contributed by atoms with E-state index in [1.165, 1.54) is 0 Å². The Bertz CT molecular complexity index is 1290. The highest BCUT2D eigenvalue weighted by molar-refractivity contribution is 8.01. The molecule has 0 atom stereocenters. The van der Waals surface area contributed by atoms with E-state index in [0.717, 1.165) is 16.5 Å². The molecule has 2 aromatic heterocycles. The molecule has 3 aromatic rings. The largest absolute Gasteiger partial charge is 0.444 e. The van der Waals surface area contributed by atoms with Crippen LogP contribution >= 0.6 is 0 Å². The Kier molecular flexibility index (Phi) is 5.11. The summed E-state index contributed by atoms with van der Waals surface area (Å²) in [6, 6.07) is 5.97. The van der Waals surface area contributed by atoms with Crippen molar-refractivity contribution in [3.8, 4) is 11.5 Å². The van der Waals surface area contributed by atoms with E-state index in [0.29, 0.717) is 49.5 Å². The molecule has 0 unspecified atom stereocenters. The van der Waals surface area contributed by atoms with Crippen molar-refractivity contribution in [2.75, 3.05) is 42.6 Å². The molecule has 33 heavy (non-hydrogen) atoms. The first kappa shape index (κ1) is 21.7. The van der Waals surface area contributed by atoms with Crippen LogP contribution in [0.25, 0.3) is 22.4 Å². The number of benzene rings is 1. The summed E-state index contributed by atoms with van der Waals surface area (Å²) in [5.74, 6) is 5.80. The molecule has 2 saturated heterocycles. The van der Waals surface area contributed by atoms with Crippen LogP contribution in [0.5, 0.6) is 0 Å². The number of fused-ring (bicyclic) bond motifs is 1. The molecule has 2 aliphatic heterocycles. The zero-order valence-corrected chi connectivity index (χ0v) is 19.9. The van der Waals surface area contributed by atoms with E-state index in [9.17, 15) is 9.00 Å². The number of amides is 1. The molecule has 0 N–H and O–H groups in total. The fourth-order valence-electron chi connectivity index (χ4n) is 4.13. The van der Waals surface area contributed by atoms with Crippen molar-refractivity contribution in [2.24, 2.45) is 0 Å². The van der Waals surface area contributed by atoms with Crippen LogP contribution in [0, 0.1) is 0 Å². The van der Waals surface area contributed by atoms with Gasteiger partial charge in [-0.3, -0.25) is 8.89 Å². The molecule has 5 rings (SSSR count). The summed E-state index contributed by atoms with van der Waals surface area (Å²) in [6.07, 6.45) is 1.51. The minimum atomic E-state index is -1.95. The highest BCUT2D eigenvalue weighted by atomic mass is 32.2. The molecule has 4 heterocycles. The van der Waals surface area contributed by atoms with E-state index in [1.807, 2.05) is 54.7 Å². The number of carbonyl (C=O) groups excluding carboxylic acids is 1. The van der Waals surface area contributed by atoms with Crippen molar-refractivity contribution in [1.82, 2.24) is 24.8 Å². The van der Waals surface area contributed by atoms with Gasteiger partial charge in [-0.2, -0.15) is 10.1 Å². The summed E-state index contributed by atoms with van der Waals surface area (Å²) in [6.45, 7) is 7.82. The van der Waals surface area contributed by atoms with Crippen molar-refractivity contribution in [2.45, 2.75) is 32.4 Å². The van der Waals surface area contributed by atoms with Gasteiger partial charge in [-0.1, -0.05) is 6.07 Å². The number of piperazine rings is 1. The first-order valence-corrected chi connectivity index (χ1v) is 13.0. The van der Waals surface area contributed by atoms with Gasteiger partial charge in [-0.15, -0.1) is 0 Å². The SMILES string of the molecule is C=S1(=O)CC(n2ncc3ccc(-c4nc(N5CCN(C(=O)OC(C)(C)C)CC5)no4)cc32)C1. The topological polar surface area (TPSA) is 107 Å². The Labute approximate surface area is 192 Å². The third-order valence-corrected chi connectivity index (χ3v) is 7.80. The van der Waals surface area contributed by atoms with Gasteiger partial charge in [0.15, 0.2) is 0 Å². The number of carbonyl (C=O) groups is 1. The van der Waals surface area contributed by atoms with Gasteiger partial charge >= 0.3 is 6.09 Å². The Hall–Kier alpha value is -3.08. The first-order chi connectivity index (χ1) is 15.6. The fraction of sp³-hybridized carbons (Fsp3) is 0.500. The second-order valence-electron chi connectivity index (χ2n) is 9.67. The molecular weight excluding hydrogens is 444 g/mol.